The standard InChI is InChI=1S/C30H35BrN2O3/c1-5-23(4)32-30(35)27(18-24-12-8-6-9-13-24)33(19-25-14-10-7-11-15-25)28(34)20-36-26-16-21(2)29(31)22(3)17-26/h6-17,23,27H,5,18-20H2,1-4H3,(H,32,35). The van der Waals surface area contributed by atoms with Gasteiger partial charge in [-0.2, -0.15) is 0 Å². The fourth-order valence-electron chi connectivity index (χ4n) is 3.99. The number of aryl methyl sites for hydroxylation is 2. The van der Waals surface area contributed by atoms with Crippen LogP contribution in [-0.2, 0) is 22.6 Å². The number of carbonyl (C=O) groups excluding carboxylic acids is 2. The van der Waals surface area contributed by atoms with E-state index in [1.54, 1.807) is 4.90 Å². The van der Waals surface area contributed by atoms with E-state index in [-0.39, 0.29) is 24.5 Å². The van der Waals surface area contributed by atoms with Crippen molar-refractivity contribution in [1.82, 2.24) is 10.2 Å². The Morgan fingerprint density at radius 1 is 0.944 bits per heavy atom. The Morgan fingerprint density at radius 3 is 2.06 bits per heavy atom. The fourth-order valence-corrected chi connectivity index (χ4v) is 4.22. The molecule has 1 N–H and O–H groups in total. The van der Waals surface area contributed by atoms with Crippen LogP contribution >= 0.6 is 15.9 Å². The largest absolute Gasteiger partial charge is 0.484 e. The Kier molecular flexibility index (Phi) is 10.1. The third kappa shape index (κ3) is 7.69. The van der Waals surface area contributed by atoms with E-state index in [1.807, 2.05) is 100 Å². The van der Waals surface area contributed by atoms with Crippen molar-refractivity contribution < 1.29 is 14.3 Å². The third-order valence-corrected chi connectivity index (χ3v) is 7.49. The molecule has 2 amide bonds. The van der Waals surface area contributed by atoms with Crippen molar-refractivity contribution in [2.75, 3.05) is 6.61 Å². The molecule has 190 valence electrons. The van der Waals surface area contributed by atoms with Gasteiger partial charge >= 0.3 is 0 Å². The van der Waals surface area contributed by atoms with Gasteiger partial charge in [-0.25, -0.2) is 0 Å². The van der Waals surface area contributed by atoms with Gasteiger partial charge in [0.05, 0.1) is 0 Å². The molecule has 36 heavy (non-hydrogen) atoms. The van der Waals surface area contributed by atoms with E-state index in [1.165, 1.54) is 0 Å². The molecule has 0 aliphatic carbocycles. The van der Waals surface area contributed by atoms with Gasteiger partial charge in [0, 0.05) is 23.5 Å². The molecular formula is C30H35BrN2O3. The highest BCUT2D eigenvalue weighted by Crippen LogP contribution is 2.26. The lowest BCUT2D eigenvalue weighted by Crippen LogP contribution is -2.53. The molecule has 0 heterocycles. The lowest BCUT2D eigenvalue weighted by Gasteiger charge is -2.32. The molecule has 0 aliphatic heterocycles. The molecule has 0 saturated heterocycles. The second-order valence-corrected chi connectivity index (χ2v) is 9.98. The molecule has 0 fully saturated rings. The van der Waals surface area contributed by atoms with Crippen molar-refractivity contribution in [2.24, 2.45) is 0 Å². The number of rotatable bonds is 11. The molecule has 0 spiro atoms. The van der Waals surface area contributed by atoms with Crippen LogP contribution in [0.15, 0.2) is 77.3 Å². The van der Waals surface area contributed by atoms with Crippen LogP contribution in [0.25, 0.3) is 0 Å². The summed E-state index contributed by atoms with van der Waals surface area (Å²) in [6, 6.07) is 22.7. The highest BCUT2D eigenvalue weighted by molar-refractivity contribution is 9.10. The number of nitrogens with one attached hydrogen (secondary N) is 1. The molecule has 3 aromatic carbocycles. The van der Waals surface area contributed by atoms with Crippen molar-refractivity contribution in [3.8, 4) is 5.75 Å². The number of hydrogen-bond acceptors (Lipinski definition) is 3. The van der Waals surface area contributed by atoms with Gasteiger partial charge in [-0.05, 0) is 61.6 Å². The first kappa shape index (κ1) is 27.5. The van der Waals surface area contributed by atoms with Crippen molar-refractivity contribution in [2.45, 2.75) is 59.2 Å². The summed E-state index contributed by atoms with van der Waals surface area (Å²) < 4.78 is 6.97. The van der Waals surface area contributed by atoms with Crippen LogP contribution in [0.4, 0.5) is 0 Å². The van der Waals surface area contributed by atoms with Crippen LogP contribution in [0.2, 0.25) is 0 Å². The number of benzene rings is 3. The lowest BCUT2D eigenvalue weighted by atomic mass is 10.0. The number of halogens is 1. The topological polar surface area (TPSA) is 58.6 Å². The van der Waals surface area contributed by atoms with E-state index in [9.17, 15) is 9.59 Å². The van der Waals surface area contributed by atoms with Crippen LogP contribution < -0.4 is 10.1 Å². The summed E-state index contributed by atoms with van der Waals surface area (Å²) in [6.45, 7) is 8.13. The predicted octanol–water partition coefficient (Wildman–Crippen LogP) is 6.00. The molecule has 0 aromatic heterocycles. The molecule has 0 saturated carbocycles. The van der Waals surface area contributed by atoms with E-state index < -0.39 is 6.04 Å². The highest BCUT2D eigenvalue weighted by Gasteiger charge is 2.31. The average Bonchev–Trinajstić information content (AvgIpc) is 2.88. The summed E-state index contributed by atoms with van der Waals surface area (Å²) in [7, 11) is 0. The van der Waals surface area contributed by atoms with E-state index in [0.29, 0.717) is 18.7 Å². The number of hydrogen-bond donors (Lipinski definition) is 1. The molecule has 2 unspecified atom stereocenters. The number of amides is 2. The first-order chi connectivity index (χ1) is 17.3. The van der Waals surface area contributed by atoms with Gasteiger partial charge in [0.15, 0.2) is 6.61 Å². The van der Waals surface area contributed by atoms with Gasteiger partial charge in [-0.15, -0.1) is 0 Å². The zero-order valence-electron chi connectivity index (χ0n) is 21.5. The maximum Gasteiger partial charge on any atom is 0.261 e. The molecular weight excluding hydrogens is 516 g/mol. The summed E-state index contributed by atoms with van der Waals surface area (Å²) in [5.41, 5.74) is 4.02. The minimum absolute atomic E-state index is 0.00872. The van der Waals surface area contributed by atoms with Crippen molar-refractivity contribution >= 4 is 27.7 Å². The lowest BCUT2D eigenvalue weighted by molar-refractivity contribution is -0.143. The van der Waals surface area contributed by atoms with Gasteiger partial charge in [0.2, 0.25) is 5.91 Å². The second-order valence-electron chi connectivity index (χ2n) is 9.19. The van der Waals surface area contributed by atoms with Gasteiger partial charge in [-0.1, -0.05) is 83.5 Å². The monoisotopic (exact) mass is 550 g/mol. The van der Waals surface area contributed by atoms with Crippen molar-refractivity contribution in [1.29, 1.82) is 0 Å². The predicted molar refractivity (Wildman–Crippen MR) is 148 cm³/mol. The van der Waals surface area contributed by atoms with E-state index in [0.717, 1.165) is 33.1 Å². The highest BCUT2D eigenvalue weighted by atomic mass is 79.9. The maximum atomic E-state index is 13.7. The molecule has 0 aliphatic rings. The van der Waals surface area contributed by atoms with Gasteiger partial charge in [0.25, 0.3) is 5.91 Å². The molecule has 3 rings (SSSR count). The average molecular weight is 552 g/mol. The van der Waals surface area contributed by atoms with E-state index in [2.05, 4.69) is 21.2 Å². The van der Waals surface area contributed by atoms with Crippen molar-refractivity contribution in [3.05, 3.63) is 99.5 Å². The first-order valence-electron chi connectivity index (χ1n) is 12.4. The van der Waals surface area contributed by atoms with Crippen LogP contribution in [0, 0.1) is 13.8 Å². The maximum absolute atomic E-state index is 13.7. The van der Waals surface area contributed by atoms with E-state index in [4.69, 9.17) is 4.74 Å². The minimum atomic E-state index is -0.675. The van der Waals surface area contributed by atoms with E-state index >= 15 is 0 Å². The zero-order valence-corrected chi connectivity index (χ0v) is 23.0. The summed E-state index contributed by atoms with van der Waals surface area (Å²) in [5, 5.41) is 3.09. The Balaban J connectivity index is 1.90. The van der Waals surface area contributed by atoms with Crippen LogP contribution in [-0.4, -0.2) is 35.4 Å². The summed E-state index contributed by atoms with van der Waals surface area (Å²) in [5.74, 6) is 0.231. The smallest absolute Gasteiger partial charge is 0.261 e. The SMILES string of the molecule is CCC(C)NC(=O)C(Cc1ccccc1)N(Cc1ccccc1)C(=O)COc1cc(C)c(Br)c(C)c1. The van der Waals surface area contributed by atoms with Crippen molar-refractivity contribution in [3.63, 3.8) is 0 Å². The second kappa shape index (κ2) is 13.3. The molecule has 6 heteroatoms. The van der Waals surface area contributed by atoms with Crippen LogP contribution in [0.3, 0.4) is 0 Å². The molecule has 0 radical (unpaired) electrons. The Morgan fingerprint density at radius 2 is 1.50 bits per heavy atom. The molecule has 3 aromatic rings. The fraction of sp³-hybridized carbons (Fsp3) is 0.333. The first-order valence-corrected chi connectivity index (χ1v) is 13.1. The van der Waals surface area contributed by atoms with Gasteiger partial charge in [0.1, 0.15) is 11.8 Å². The minimum Gasteiger partial charge on any atom is -0.484 e. The summed E-state index contributed by atoms with van der Waals surface area (Å²) >= 11 is 3.57. The Hall–Kier alpha value is -3.12. The Bertz CT molecular complexity index is 1130. The normalized spacial score (nSPS) is 12.5. The molecule has 0 bridgehead atoms. The zero-order chi connectivity index (χ0) is 26.1. The number of carbonyl (C=O) groups is 2. The van der Waals surface area contributed by atoms with Gasteiger partial charge in [-0.3, -0.25) is 9.59 Å². The van der Waals surface area contributed by atoms with Crippen LogP contribution in [0.1, 0.15) is 42.5 Å². The van der Waals surface area contributed by atoms with Gasteiger partial charge < -0.3 is 15.0 Å². The molecule has 5 nitrogen and oxygen atoms in total. The quantitative estimate of drug-likeness (QED) is 0.318. The number of ether oxygens (including phenoxy) is 1. The summed E-state index contributed by atoms with van der Waals surface area (Å²) in [6.07, 6.45) is 1.22. The molecule has 2 atom stereocenters. The summed E-state index contributed by atoms with van der Waals surface area (Å²) in [4.78, 5) is 28.8. The Labute approximate surface area is 223 Å². The third-order valence-electron chi connectivity index (χ3n) is 6.24. The number of nitrogens with zero attached hydrogens (tertiary/aromatic N) is 1. The van der Waals surface area contributed by atoms with Crippen LogP contribution in [0.5, 0.6) is 5.75 Å².